The van der Waals surface area contributed by atoms with Crippen molar-refractivity contribution in [3.63, 3.8) is 0 Å². The van der Waals surface area contributed by atoms with Gasteiger partial charge in [0.05, 0.1) is 0 Å². The van der Waals surface area contributed by atoms with E-state index in [0.29, 0.717) is 30.5 Å². The lowest BCUT2D eigenvalue weighted by Gasteiger charge is -2.38. The maximum Gasteiger partial charge on any atom is 0.273 e. The van der Waals surface area contributed by atoms with Crippen molar-refractivity contribution >= 4 is 11.8 Å². The Balaban J connectivity index is 1.26. The Morgan fingerprint density at radius 1 is 1.26 bits per heavy atom. The van der Waals surface area contributed by atoms with Gasteiger partial charge in [0.15, 0.2) is 5.69 Å². The predicted octanol–water partition coefficient (Wildman–Crippen LogP) is 2.05. The van der Waals surface area contributed by atoms with E-state index >= 15 is 0 Å². The predicted molar refractivity (Wildman–Crippen MR) is 100 cm³/mol. The molecule has 148 valence electrons. The third kappa shape index (κ3) is 4.51. The van der Waals surface area contributed by atoms with Gasteiger partial charge >= 0.3 is 0 Å². The van der Waals surface area contributed by atoms with Gasteiger partial charge in [0.1, 0.15) is 5.76 Å². The third-order valence-electron chi connectivity index (χ3n) is 6.19. The molecule has 2 amide bonds. The van der Waals surface area contributed by atoms with Gasteiger partial charge in [-0.3, -0.25) is 9.59 Å². The van der Waals surface area contributed by atoms with Crippen LogP contribution in [0.4, 0.5) is 0 Å². The molecule has 3 heterocycles. The van der Waals surface area contributed by atoms with Crippen LogP contribution in [0.5, 0.6) is 0 Å². The molecule has 27 heavy (non-hydrogen) atoms. The smallest absolute Gasteiger partial charge is 0.273 e. The van der Waals surface area contributed by atoms with Crippen LogP contribution in [-0.2, 0) is 4.79 Å². The van der Waals surface area contributed by atoms with Crippen LogP contribution in [0.3, 0.4) is 0 Å². The minimum Gasteiger partial charge on any atom is -0.360 e. The molecule has 1 saturated carbocycles. The second-order valence-corrected chi connectivity index (χ2v) is 8.42. The van der Waals surface area contributed by atoms with Gasteiger partial charge in [-0.2, -0.15) is 0 Å². The zero-order chi connectivity index (χ0) is 18.8. The van der Waals surface area contributed by atoms with Crippen molar-refractivity contribution in [1.82, 2.24) is 20.7 Å². The Morgan fingerprint density at radius 3 is 2.74 bits per heavy atom. The van der Waals surface area contributed by atoms with E-state index in [1.54, 1.807) is 6.07 Å². The van der Waals surface area contributed by atoms with Crippen LogP contribution in [0.1, 0.15) is 74.0 Å². The number of likely N-dealkylation sites (tertiary alicyclic amines) is 1. The summed E-state index contributed by atoms with van der Waals surface area (Å²) in [5.74, 6) is 1.89. The summed E-state index contributed by atoms with van der Waals surface area (Å²) < 4.78 is 5.27. The second kappa shape index (κ2) is 8.00. The summed E-state index contributed by atoms with van der Waals surface area (Å²) in [7, 11) is 0. The van der Waals surface area contributed by atoms with Crippen molar-refractivity contribution in [2.45, 2.75) is 69.9 Å². The monoisotopic (exact) mass is 374 g/mol. The van der Waals surface area contributed by atoms with E-state index < -0.39 is 0 Å². The molecule has 3 fully saturated rings. The Hall–Kier alpha value is -1.89. The first-order chi connectivity index (χ1) is 13.1. The minimum atomic E-state index is -0.169. The minimum absolute atomic E-state index is 0.0801. The molecule has 4 rings (SSSR count). The number of carbonyl (C=O) groups is 2. The largest absolute Gasteiger partial charge is 0.360 e. The number of hydrogen-bond acceptors (Lipinski definition) is 5. The maximum atomic E-state index is 12.7. The van der Waals surface area contributed by atoms with Crippen molar-refractivity contribution in [2.75, 3.05) is 19.6 Å². The lowest BCUT2D eigenvalue weighted by molar-refractivity contribution is -0.135. The molecule has 7 nitrogen and oxygen atoms in total. The fourth-order valence-electron chi connectivity index (χ4n) is 4.34. The van der Waals surface area contributed by atoms with E-state index in [0.717, 1.165) is 57.4 Å². The van der Waals surface area contributed by atoms with Gasteiger partial charge in [-0.1, -0.05) is 5.16 Å². The Bertz CT molecular complexity index is 679. The fraction of sp³-hybridized carbons (Fsp3) is 0.750. The van der Waals surface area contributed by atoms with Crippen LogP contribution < -0.4 is 10.6 Å². The molecule has 1 aliphatic carbocycles. The summed E-state index contributed by atoms with van der Waals surface area (Å²) in [5, 5.41) is 10.3. The number of hydrogen-bond donors (Lipinski definition) is 2. The molecule has 0 unspecified atom stereocenters. The van der Waals surface area contributed by atoms with Crippen LogP contribution in [0, 0.1) is 5.92 Å². The van der Waals surface area contributed by atoms with E-state index in [-0.39, 0.29) is 23.9 Å². The maximum absolute atomic E-state index is 12.7. The fourth-order valence-corrected chi connectivity index (χ4v) is 4.34. The zero-order valence-corrected chi connectivity index (χ0v) is 16.1. The van der Waals surface area contributed by atoms with Crippen LogP contribution in [-0.4, -0.2) is 53.6 Å². The number of nitrogens with zero attached hydrogens (tertiary/aromatic N) is 2. The van der Waals surface area contributed by atoms with Gasteiger partial charge in [-0.05, 0) is 64.5 Å². The van der Waals surface area contributed by atoms with E-state index in [4.69, 9.17) is 4.52 Å². The zero-order valence-electron chi connectivity index (χ0n) is 16.1. The van der Waals surface area contributed by atoms with Gasteiger partial charge in [0, 0.05) is 37.0 Å². The SMILES string of the molecule is C[C@@H]1C[C@@H](NC(=O)c2cc(C3CC3)on2)CCN1C(=O)CC1CCNCC1. The number of nitrogens with one attached hydrogen (secondary N) is 2. The molecular weight excluding hydrogens is 344 g/mol. The molecule has 1 aromatic heterocycles. The highest BCUT2D eigenvalue weighted by Gasteiger charge is 2.32. The normalized spacial score (nSPS) is 26.8. The Morgan fingerprint density at radius 2 is 2.04 bits per heavy atom. The molecule has 3 aliphatic rings. The summed E-state index contributed by atoms with van der Waals surface area (Å²) in [6, 6.07) is 2.00. The highest BCUT2D eigenvalue weighted by atomic mass is 16.5. The summed E-state index contributed by atoms with van der Waals surface area (Å²) in [4.78, 5) is 27.1. The topological polar surface area (TPSA) is 87.5 Å². The van der Waals surface area contributed by atoms with Crippen LogP contribution in [0.25, 0.3) is 0 Å². The van der Waals surface area contributed by atoms with Gasteiger partial charge < -0.3 is 20.1 Å². The molecule has 2 aliphatic heterocycles. The summed E-state index contributed by atoms with van der Waals surface area (Å²) in [5.41, 5.74) is 0.369. The van der Waals surface area contributed by atoms with Crippen molar-refractivity contribution in [3.8, 4) is 0 Å². The summed E-state index contributed by atoms with van der Waals surface area (Å²) >= 11 is 0. The molecule has 2 N–H and O–H groups in total. The lowest BCUT2D eigenvalue weighted by atomic mass is 9.92. The second-order valence-electron chi connectivity index (χ2n) is 8.42. The van der Waals surface area contributed by atoms with Gasteiger partial charge in [-0.15, -0.1) is 0 Å². The third-order valence-corrected chi connectivity index (χ3v) is 6.19. The van der Waals surface area contributed by atoms with E-state index in [2.05, 4.69) is 22.7 Å². The van der Waals surface area contributed by atoms with Crippen LogP contribution >= 0.6 is 0 Å². The van der Waals surface area contributed by atoms with E-state index in [1.165, 1.54) is 0 Å². The van der Waals surface area contributed by atoms with Gasteiger partial charge in [-0.25, -0.2) is 0 Å². The van der Waals surface area contributed by atoms with Gasteiger partial charge in [0.2, 0.25) is 5.91 Å². The van der Waals surface area contributed by atoms with Crippen molar-refractivity contribution in [3.05, 3.63) is 17.5 Å². The summed E-state index contributed by atoms with van der Waals surface area (Å²) in [6.07, 6.45) is 6.67. The quantitative estimate of drug-likeness (QED) is 0.824. The number of piperidine rings is 2. The van der Waals surface area contributed by atoms with Crippen LogP contribution in [0.2, 0.25) is 0 Å². The molecule has 2 atom stereocenters. The van der Waals surface area contributed by atoms with Gasteiger partial charge in [0.25, 0.3) is 5.91 Å². The average molecular weight is 374 g/mol. The molecule has 0 radical (unpaired) electrons. The lowest BCUT2D eigenvalue weighted by Crippen LogP contribution is -2.51. The first-order valence-corrected chi connectivity index (χ1v) is 10.4. The molecule has 0 spiro atoms. The molecule has 7 heteroatoms. The average Bonchev–Trinajstić information content (AvgIpc) is 3.39. The van der Waals surface area contributed by atoms with Crippen molar-refractivity contribution in [1.29, 1.82) is 0 Å². The number of aromatic nitrogens is 1. The highest BCUT2D eigenvalue weighted by Crippen LogP contribution is 2.40. The Labute approximate surface area is 160 Å². The highest BCUT2D eigenvalue weighted by molar-refractivity contribution is 5.92. The van der Waals surface area contributed by atoms with Crippen molar-refractivity contribution in [2.24, 2.45) is 5.92 Å². The number of amides is 2. The Kier molecular flexibility index (Phi) is 5.48. The number of carbonyl (C=O) groups excluding carboxylic acids is 2. The molecular formula is C20H30N4O3. The van der Waals surface area contributed by atoms with Crippen molar-refractivity contribution < 1.29 is 14.1 Å². The number of rotatable bonds is 5. The first kappa shape index (κ1) is 18.5. The molecule has 0 bridgehead atoms. The van der Waals surface area contributed by atoms with Crippen LogP contribution in [0.15, 0.2) is 10.6 Å². The van der Waals surface area contributed by atoms with E-state index in [9.17, 15) is 9.59 Å². The first-order valence-electron chi connectivity index (χ1n) is 10.4. The molecule has 1 aromatic rings. The summed E-state index contributed by atoms with van der Waals surface area (Å²) in [6.45, 7) is 4.83. The standard InChI is InChI=1S/C20H30N4O3/c1-13-10-16(22-20(26)17-12-18(27-23-17)15-2-3-15)6-9-24(13)19(25)11-14-4-7-21-8-5-14/h12-16,21H,2-11H2,1H3,(H,22,26)/t13-,16+/m1/s1. The molecule has 2 saturated heterocycles. The van der Waals surface area contributed by atoms with E-state index in [1.807, 2.05) is 4.90 Å². The molecule has 0 aromatic carbocycles.